The van der Waals surface area contributed by atoms with E-state index in [1.54, 1.807) is 0 Å². The van der Waals surface area contributed by atoms with E-state index in [1.165, 1.54) is 0 Å². The molecule has 5 heteroatoms. The normalized spacial score (nSPS) is 26.8. The van der Waals surface area contributed by atoms with Crippen molar-refractivity contribution in [3.8, 4) is 0 Å². The zero-order chi connectivity index (χ0) is 16.7. The number of carbonyl (C=O) groups is 1. The third kappa shape index (κ3) is 2.43. The second-order valence-corrected chi connectivity index (χ2v) is 6.64. The number of rotatable bonds is 3. The van der Waals surface area contributed by atoms with Gasteiger partial charge in [-0.1, -0.05) is 18.2 Å². The van der Waals surface area contributed by atoms with Crippen LogP contribution in [0.5, 0.6) is 0 Å². The Bertz CT molecular complexity index is 754. The molecular formula is C19H24N2O3. The maximum absolute atomic E-state index is 13.3. The number of aryl methyl sites for hydroxylation is 1. The highest BCUT2D eigenvalue weighted by Gasteiger charge is 2.44. The molecule has 2 bridgehead atoms. The van der Waals surface area contributed by atoms with E-state index in [0.717, 1.165) is 29.3 Å². The Morgan fingerprint density at radius 1 is 1.33 bits per heavy atom. The number of carbonyl (C=O) groups excluding carboxylic acids is 1. The van der Waals surface area contributed by atoms with E-state index in [-0.39, 0.29) is 24.2 Å². The van der Waals surface area contributed by atoms with Crippen molar-refractivity contribution in [2.24, 2.45) is 7.05 Å². The number of hydrogen-bond donors (Lipinski definition) is 0. The Kier molecular flexibility index (Phi) is 4.06. The molecule has 0 N–H and O–H groups in total. The Labute approximate surface area is 142 Å². The number of aromatic nitrogens is 1. The minimum Gasteiger partial charge on any atom is -0.374 e. The Hall–Kier alpha value is -1.85. The maximum atomic E-state index is 13.3. The van der Waals surface area contributed by atoms with Crippen molar-refractivity contribution >= 4 is 16.8 Å². The van der Waals surface area contributed by atoms with Gasteiger partial charge in [0.25, 0.3) is 5.91 Å². The molecule has 1 aliphatic heterocycles. The van der Waals surface area contributed by atoms with Crippen molar-refractivity contribution in [1.29, 1.82) is 0 Å². The summed E-state index contributed by atoms with van der Waals surface area (Å²) in [5.74, 6) is 0.0904. The monoisotopic (exact) mass is 328 g/mol. The van der Waals surface area contributed by atoms with Crippen molar-refractivity contribution < 1.29 is 14.3 Å². The summed E-state index contributed by atoms with van der Waals surface area (Å²) >= 11 is 0. The highest BCUT2D eigenvalue weighted by molar-refractivity contribution is 6.07. The van der Waals surface area contributed by atoms with E-state index in [2.05, 4.69) is 0 Å². The minimum absolute atomic E-state index is 0.00331. The van der Waals surface area contributed by atoms with Crippen LogP contribution in [0.25, 0.3) is 10.9 Å². The summed E-state index contributed by atoms with van der Waals surface area (Å²) in [6, 6.07) is 8.17. The summed E-state index contributed by atoms with van der Waals surface area (Å²) in [5.41, 5.74) is 1.85. The van der Waals surface area contributed by atoms with Crippen LogP contribution in [0.15, 0.2) is 30.5 Å². The van der Waals surface area contributed by atoms with Gasteiger partial charge in [-0.25, -0.2) is 0 Å². The van der Waals surface area contributed by atoms with E-state index in [1.807, 2.05) is 53.9 Å². The van der Waals surface area contributed by atoms with Crippen molar-refractivity contribution in [1.82, 2.24) is 9.47 Å². The van der Waals surface area contributed by atoms with Crippen molar-refractivity contribution in [3.63, 3.8) is 0 Å². The molecule has 1 amide bonds. The zero-order valence-corrected chi connectivity index (χ0v) is 14.3. The molecule has 0 spiro atoms. The van der Waals surface area contributed by atoms with Crippen molar-refractivity contribution in [2.45, 2.75) is 38.0 Å². The highest BCUT2D eigenvalue weighted by atomic mass is 16.5. The van der Waals surface area contributed by atoms with Crippen LogP contribution in [0.3, 0.4) is 0 Å². The van der Waals surface area contributed by atoms with Gasteiger partial charge in [0, 0.05) is 37.3 Å². The quantitative estimate of drug-likeness (QED) is 0.870. The Morgan fingerprint density at radius 3 is 3.00 bits per heavy atom. The van der Waals surface area contributed by atoms with Crippen LogP contribution < -0.4 is 0 Å². The van der Waals surface area contributed by atoms with Gasteiger partial charge in [-0.15, -0.1) is 0 Å². The lowest BCUT2D eigenvalue weighted by Crippen LogP contribution is -2.46. The molecule has 1 saturated carbocycles. The van der Waals surface area contributed by atoms with Gasteiger partial charge >= 0.3 is 0 Å². The lowest BCUT2D eigenvalue weighted by Gasteiger charge is -2.31. The van der Waals surface area contributed by atoms with Crippen LogP contribution in [0.2, 0.25) is 0 Å². The average molecular weight is 328 g/mol. The maximum Gasteiger partial charge on any atom is 0.256 e. The molecule has 2 fully saturated rings. The first kappa shape index (κ1) is 15.7. The number of hydrogen-bond acceptors (Lipinski definition) is 3. The van der Waals surface area contributed by atoms with Crippen molar-refractivity contribution in [2.75, 3.05) is 19.8 Å². The lowest BCUT2D eigenvalue weighted by molar-refractivity contribution is -0.0484. The topological polar surface area (TPSA) is 43.7 Å². The van der Waals surface area contributed by atoms with Gasteiger partial charge in [0.1, 0.15) is 6.10 Å². The lowest BCUT2D eigenvalue weighted by atomic mass is 10.1. The molecule has 2 aromatic rings. The number of nitrogens with zero attached hydrogens (tertiary/aromatic N) is 2. The summed E-state index contributed by atoms with van der Waals surface area (Å²) in [7, 11) is 1.99. The van der Waals surface area contributed by atoms with E-state index in [4.69, 9.17) is 9.47 Å². The van der Waals surface area contributed by atoms with Crippen molar-refractivity contribution in [3.05, 3.63) is 36.0 Å². The highest BCUT2D eigenvalue weighted by Crippen LogP contribution is 2.33. The van der Waals surface area contributed by atoms with E-state index in [9.17, 15) is 4.79 Å². The fourth-order valence-corrected chi connectivity index (χ4v) is 4.22. The third-order valence-corrected chi connectivity index (χ3v) is 5.30. The van der Waals surface area contributed by atoms with Gasteiger partial charge in [0.15, 0.2) is 0 Å². The van der Waals surface area contributed by atoms with Gasteiger partial charge in [-0.05, 0) is 25.8 Å². The summed E-state index contributed by atoms with van der Waals surface area (Å²) in [4.78, 5) is 15.3. The molecule has 128 valence electrons. The standard InChI is InChI=1S/C19H24N2O3/c1-3-23-18-16-8-9-17(18)24-11-10-21(16)19(22)14-12-20(2)15-7-5-4-6-13(14)15/h4-7,12,16-18H,3,8-11H2,1-2H3. The van der Waals surface area contributed by atoms with Gasteiger partial charge < -0.3 is 18.9 Å². The molecule has 1 saturated heterocycles. The molecule has 1 aromatic carbocycles. The van der Waals surface area contributed by atoms with Gasteiger partial charge in [-0.3, -0.25) is 4.79 Å². The largest absolute Gasteiger partial charge is 0.374 e. The first-order valence-corrected chi connectivity index (χ1v) is 8.79. The summed E-state index contributed by atoms with van der Waals surface area (Å²) in [5, 5.41) is 1.01. The molecule has 1 aliphatic carbocycles. The molecule has 24 heavy (non-hydrogen) atoms. The van der Waals surface area contributed by atoms with Gasteiger partial charge in [0.2, 0.25) is 0 Å². The van der Waals surface area contributed by atoms with Crippen LogP contribution in [0.1, 0.15) is 30.1 Å². The first-order chi connectivity index (χ1) is 11.7. The second kappa shape index (κ2) is 6.22. The fourth-order valence-electron chi connectivity index (χ4n) is 4.22. The zero-order valence-electron chi connectivity index (χ0n) is 14.3. The fraction of sp³-hybridized carbons (Fsp3) is 0.526. The molecule has 0 radical (unpaired) electrons. The molecule has 1 aromatic heterocycles. The predicted octanol–water partition coefficient (Wildman–Crippen LogP) is 2.59. The second-order valence-electron chi connectivity index (χ2n) is 6.64. The predicted molar refractivity (Wildman–Crippen MR) is 92.1 cm³/mol. The Balaban J connectivity index is 1.70. The van der Waals surface area contributed by atoms with Crippen LogP contribution in [0.4, 0.5) is 0 Å². The number of fused-ring (bicyclic) bond motifs is 3. The third-order valence-electron chi connectivity index (χ3n) is 5.30. The first-order valence-electron chi connectivity index (χ1n) is 8.79. The molecule has 3 unspecified atom stereocenters. The number of para-hydroxylation sites is 1. The van der Waals surface area contributed by atoms with Crippen LogP contribution >= 0.6 is 0 Å². The number of amides is 1. The minimum atomic E-state index is -0.00331. The number of ether oxygens (including phenoxy) is 2. The van der Waals surface area contributed by atoms with E-state index in [0.29, 0.717) is 19.8 Å². The van der Waals surface area contributed by atoms with Crippen LogP contribution in [0, 0.1) is 0 Å². The van der Waals surface area contributed by atoms with Gasteiger partial charge in [0.05, 0.1) is 24.3 Å². The molecule has 2 aliphatic rings. The van der Waals surface area contributed by atoms with E-state index >= 15 is 0 Å². The molecule has 3 atom stereocenters. The van der Waals surface area contributed by atoms with Crippen LogP contribution in [-0.4, -0.2) is 53.4 Å². The van der Waals surface area contributed by atoms with E-state index < -0.39 is 0 Å². The summed E-state index contributed by atoms with van der Waals surface area (Å²) < 4.78 is 13.9. The Morgan fingerprint density at radius 2 is 2.17 bits per heavy atom. The van der Waals surface area contributed by atoms with Crippen LogP contribution in [-0.2, 0) is 16.5 Å². The summed E-state index contributed by atoms with van der Waals surface area (Å²) in [6.45, 7) is 3.87. The molecule has 4 rings (SSSR count). The number of benzene rings is 1. The molecule has 5 nitrogen and oxygen atoms in total. The molecule has 2 heterocycles. The smallest absolute Gasteiger partial charge is 0.256 e. The molecular weight excluding hydrogens is 304 g/mol. The van der Waals surface area contributed by atoms with Gasteiger partial charge in [-0.2, -0.15) is 0 Å². The average Bonchev–Trinajstić information content (AvgIpc) is 3.06. The SMILES string of the molecule is CCOC1C2CCC1N(C(=O)c1cn(C)c3ccccc13)CCO2. The summed E-state index contributed by atoms with van der Waals surface area (Å²) in [6.07, 6.45) is 3.98.